The van der Waals surface area contributed by atoms with Crippen LogP contribution in [-0.2, 0) is 14.8 Å². The smallest absolute Gasteiger partial charge is 0.261 e. The van der Waals surface area contributed by atoms with Gasteiger partial charge in [0.2, 0.25) is 5.91 Å². The van der Waals surface area contributed by atoms with Crippen molar-refractivity contribution in [2.75, 3.05) is 10.0 Å². The van der Waals surface area contributed by atoms with Crippen molar-refractivity contribution in [3.8, 4) is 0 Å². The second-order valence-corrected chi connectivity index (χ2v) is 10.9. The highest BCUT2D eigenvalue weighted by molar-refractivity contribution is 7.92. The monoisotopic (exact) mass is 517 g/mol. The van der Waals surface area contributed by atoms with Gasteiger partial charge in [0.25, 0.3) is 10.0 Å². The van der Waals surface area contributed by atoms with Gasteiger partial charge >= 0.3 is 0 Å². The average molecular weight is 518 g/mol. The van der Waals surface area contributed by atoms with Crippen LogP contribution < -0.4 is 15.4 Å². The normalized spacial score (nSPS) is 11.1. The van der Waals surface area contributed by atoms with Crippen molar-refractivity contribution in [3.05, 3.63) is 54.6 Å². The lowest BCUT2D eigenvalue weighted by atomic mass is 10.1. The maximum absolute atomic E-state index is 12.5. The van der Waals surface area contributed by atoms with Gasteiger partial charge in [0.05, 0.1) is 4.90 Å². The molecule has 0 fully saturated rings. The predicted octanol–water partition coefficient (Wildman–Crippen LogP) is 7.00. The van der Waals surface area contributed by atoms with Crippen molar-refractivity contribution in [3.63, 3.8) is 0 Å². The summed E-state index contributed by atoms with van der Waals surface area (Å²) < 4.78 is 27.6. The van der Waals surface area contributed by atoms with Crippen LogP contribution in [0.2, 0.25) is 0 Å². The van der Waals surface area contributed by atoms with Crippen LogP contribution in [0.15, 0.2) is 59.5 Å². The van der Waals surface area contributed by atoms with E-state index >= 15 is 0 Å². The van der Waals surface area contributed by atoms with E-state index in [2.05, 4.69) is 22.3 Å². The predicted molar refractivity (Wildman–Crippen MR) is 149 cm³/mol. The van der Waals surface area contributed by atoms with Gasteiger partial charge < -0.3 is 10.6 Å². The fourth-order valence-corrected chi connectivity index (χ4v) is 5.03. The SMILES string of the molecule is CCCCCCCCCCCCCC(=O)NC(=S)Nc1ccc(S(=O)(=O)Nc2ccccc2)cc1. The van der Waals surface area contributed by atoms with Crippen LogP contribution in [0.5, 0.6) is 0 Å². The van der Waals surface area contributed by atoms with Gasteiger partial charge in [-0.1, -0.05) is 89.3 Å². The number of sulfonamides is 1. The van der Waals surface area contributed by atoms with E-state index in [4.69, 9.17) is 12.2 Å². The molecule has 0 aliphatic carbocycles. The van der Waals surface area contributed by atoms with Crippen molar-refractivity contribution in [2.45, 2.75) is 88.9 Å². The zero-order valence-corrected chi connectivity index (χ0v) is 22.4. The van der Waals surface area contributed by atoms with Crippen LogP contribution in [0.1, 0.15) is 84.0 Å². The number of hydrogen-bond acceptors (Lipinski definition) is 4. The van der Waals surface area contributed by atoms with Crippen LogP contribution in [0.3, 0.4) is 0 Å². The Balaban J connectivity index is 1.61. The number of hydrogen-bond donors (Lipinski definition) is 3. The average Bonchev–Trinajstić information content (AvgIpc) is 2.83. The fourth-order valence-electron chi connectivity index (χ4n) is 3.74. The summed E-state index contributed by atoms with van der Waals surface area (Å²) in [5.74, 6) is -0.107. The van der Waals surface area contributed by atoms with E-state index in [1.807, 2.05) is 6.07 Å². The lowest BCUT2D eigenvalue weighted by Crippen LogP contribution is -2.33. The highest BCUT2D eigenvalue weighted by atomic mass is 32.2. The molecule has 0 heterocycles. The number of benzene rings is 2. The Morgan fingerprint density at radius 3 is 1.86 bits per heavy atom. The lowest BCUT2D eigenvalue weighted by Gasteiger charge is -2.11. The second-order valence-electron chi connectivity index (χ2n) is 8.78. The number of rotatable bonds is 16. The quantitative estimate of drug-likeness (QED) is 0.165. The van der Waals surface area contributed by atoms with Crippen LogP contribution >= 0.6 is 12.2 Å². The number of thiocarbonyl (C=S) groups is 1. The Bertz CT molecular complexity index is 994. The summed E-state index contributed by atoms with van der Waals surface area (Å²) in [4.78, 5) is 12.3. The number of unbranched alkanes of at least 4 members (excludes halogenated alkanes) is 10. The van der Waals surface area contributed by atoms with Gasteiger partial charge in [-0.25, -0.2) is 8.42 Å². The first kappa shape index (κ1) is 28.8. The Morgan fingerprint density at radius 2 is 1.29 bits per heavy atom. The van der Waals surface area contributed by atoms with Gasteiger partial charge in [0, 0.05) is 17.8 Å². The molecule has 3 N–H and O–H groups in total. The summed E-state index contributed by atoms with van der Waals surface area (Å²) in [6, 6.07) is 14.9. The molecule has 0 radical (unpaired) electrons. The molecule has 0 bridgehead atoms. The minimum absolute atomic E-state index is 0.107. The summed E-state index contributed by atoms with van der Waals surface area (Å²) in [7, 11) is -3.68. The summed E-state index contributed by atoms with van der Waals surface area (Å²) in [6.45, 7) is 2.24. The topological polar surface area (TPSA) is 87.3 Å². The number of carbonyl (C=O) groups is 1. The molecule has 192 valence electrons. The van der Waals surface area contributed by atoms with Crippen LogP contribution in [-0.4, -0.2) is 19.4 Å². The van der Waals surface area contributed by atoms with E-state index in [0.29, 0.717) is 17.8 Å². The Kier molecular flexibility index (Phi) is 13.4. The zero-order valence-electron chi connectivity index (χ0n) is 20.7. The van der Waals surface area contributed by atoms with Gasteiger partial charge in [-0.15, -0.1) is 0 Å². The molecule has 0 spiro atoms. The Morgan fingerprint density at radius 1 is 0.743 bits per heavy atom. The van der Waals surface area contributed by atoms with E-state index in [1.54, 1.807) is 36.4 Å². The summed E-state index contributed by atoms with van der Waals surface area (Å²) >= 11 is 5.22. The highest BCUT2D eigenvalue weighted by Gasteiger charge is 2.14. The summed E-state index contributed by atoms with van der Waals surface area (Å²) in [5.41, 5.74) is 1.10. The molecule has 0 saturated heterocycles. The maximum Gasteiger partial charge on any atom is 0.261 e. The third-order valence-electron chi connectivity index (χ3n) is 5.71. The maximum atomic E-state index is 12.5. The van der Waals surface area contributed by atoms with Crippen LogP contribution in [0.4, 0.5) is 11.4 Å². The molecule has 2 aromatic rings. The van der Waals surface area contributed by atoms with E-state index < -0.39 is 10.0 Å². The molecule has 0 aromatic heterocycles. The van der Waals surface area contributed by atoms with Crippen molar-refractivity contribution in [1.82, 2.24) is 5.32 Å². The Labute approximate surface area is 216 Å². The fraction of sp³-hybridized carbons (Fsp3) is 0.481. The zero-order chi connectivity index (χ0) is 25.4. The molecule has 2 rings (SSSR count). The van der Waals surface area contributed by atoms with E-state index in [0.717, 1.165) is 12.8 Å². The second kappa shape index (κ2) is 16.3. The molecule has 0 atom stereocenters. The van der Waals surface area contributed by atoms with E-state index in [9.17, 15) is 13.2 Å². The molecule has 0 aliphatic rings. The van der Waals surface area contributed by atoms with Gasteiger partial charge in [0.1, 0.15) is 0 Å². The minimum Gasteiger partial charge on any atom is -0.332 e. The number of para-hydroxylation sites is 1. The first-order valence-corrected chi connectivity index (χ1v) is 14.6. The third kappa shape index (κ3) is 12.2. The standard InChI is InChI=1S/C27H39N3O3S2/c1-2-3-4-5-6-7-8-9-10-11-15-18-26(31)29-27(34)28-23-19-21-25(22-20-23)35(32,33)30-24-16-13-12-14-17-24/h12-14,16-17,19-22,30H,2-11,15,18H2,1H3,(H2,28,29,31,34). The van der Waals surface area contributed by atoms with Crippen LogP contribution in [0, 0.1) is 0 Å². The van der Waals surface area contributed by atoms with E-state index in [-0.39, 0.29) is 15.9 Å². The number of carbonyl (C=O) groups excluding carboxylic acids is 1. The van der Waals surface area contributed by atoms with Crippen molar-refractivity contribution in [1.29, 1.82) is 0 Å². The first-order valence-electron chi connectivity index (χ1n) is 12.7. The van der Waals surface area contributed by atoms with Gasteiger partial charge in [0.15, 0.2) is 5.11 Å². The summed E-state index contributed by atoms with van der Waals surface area (Å²) in [6.07, 6.45) is 14.1. The molecular formula is C27H39N3O3S2. The largest absolute Gasteiger partial charge is 0.332 e. The van der Waals surface area contributed by atoms with Crippen molar-refractivity contribution >= 4 is 44.6 Å². The molecule has 2 aromatic carbocycles. The lowest BCUT2D eigenvalue weighted by molar-refractivity contribution is -0.119. The van der Waals surface area contributed by atoms with Crippen LogP contribution in [0.25, 0.3) is 0 Å². The minimum atomic E-state index is -3.68. The van der Waals surface area contributed by atoms with Gasteiger partial charge in [-0.05, 0) is 55.0 Å². The highest BCUT2D eigenvalue weighted by Crippen LogP contribution is 2.18. The molecule has 6 nitrogen and oxygen atoms in total. The first-order chi connectivity index (χ1) is 16.9. The molecule has 0 saturated carbocycles. The van der Waals surface area contributed by atoms with E-state index in [1.165, 1.54) is 69.9 Å². The number of amides is 1. The molecule has 8 heteroatoms. The molecule has 0 unspecified atom stereocenters. The molecule has 35 heavy (non-hydrogen) atoms. The summed E-state index contributed by atoms with van der Waals surface area (Å²) in [5, 5.41) is 5.83. The Hall–Kier alpha value is -2.45. The third-order valence-corrected chi connectivity index (χ3v) is 7.31. The molecular weight excluding hydrogens is 478 g/mol. The number of anilines is 2. The van der Waals surface area contributed by atoms with Crippen molar-refractivity contribution < 1.29 is 13.2 Å². The van der Waals surface area contributed by atoms with Gasteiger partial charge in [-0.3, -0.25) is 9.52 Å². The molecule has 1 amide bonds. The van der Waals surface area contributed by atoms with Crippen molar-refractivity contribution in [2.24, 2.45) is 0 Å². The molecule has 0 aliphatic heterocycles. The number of nitrogens with one attached hydrogen (secondary N) is 3. The van der Waals surface area contributed by atoms with Gasteiger partial charge in [-0.2, -0.15) is 0 Å².